The van der Waals surface area contributed by atoms with Crippen LogP contribution in [0.15, 0.2) is 18.2 Å². The molecule has 3 nitrogen and oxygen atoms in total. The summed E-state index contributed by atoms with van der Waals surface area (Å²) in [5, 5.41) is 3.86. The number of nitrogen functional groups attached to an aromatic ring is 1. The third-order valence-electron chi connectivity index (χ3n) is 2.27. The summed E-state index contributed by atoms with van der Waals surface area (Å²) >= 11 is 6.03. The van der Waals surface area contributed by atoms with Gasteiger partial charge in [0, 0.05) is 28.9 Å². The van der Waals surface area contributed by atoms with Gasteiger partial charge in [0.1, 0.15) is 0 Å². The zero-order valence-electron chi connectivity index (χ0n) is 9.50. The summed E-state index contributed by atoms with van der Waals surface area (Å²) in [5.74, 6) is 0.679. The summed E-state index contributed by atoms with van der Waals surface area (Å²) in [5.41, 5.74) is 7.22. The Morgan fingerprint density at radius 3 is 2.81 bits per heavy atom. The zero-order chi connectivity index (χ0) is 12.1. The van der Waals surface area contributed by atoms with Crippen LogP contribution >= 0.6 is 11.6 Å². The van der Waals surface area contributed by atoms with Gasteiger partial charge in [-0.2, -0.15) is 0 Å². The van der Waals surface area contributed by atoms with Crippen LogP contribution in [-0.2, 0) is 10.8 Å². The molecule has 0 bridgehead atoms. The van der Waals surface area contributed by atoms with Gasteiger partial charge in [-0.25, -0.2) is 0 Å². The van der Waals surface area contributed by atoms with Crippen molar-refractivity contribution in [2.75, 3.05) is 23.1 Å². The van der Waals surface area contributed by atoms with Crippen LogP contribution in [0.1, 0.15) is 13.3 Å². The van der Waals surface area contributed by atoms with Crippen LogP contribution in [0.2, 0.25) is 5.02 Å². The fourth-order valence-electron chi connectivity index (χ4n) is 1.35. The summed E-state index contributed by atoms with van der Waals surface area (Å²) < 4.78 is 11.0. The summed E-state index contributed by atoms with van der Waals surface area (Å²) in [6.45, 7) is 2.02. The largest absolute Gasteiger partial charge is 0.397 e. The Labute approximate surface area is 104 Å². The highest BCUT2D eigenvalue weighted by atomic mass is 35.5. The first kappa shape index (κ1) is 13.3. The number of hydrogen-bond acceptors (Lipinski definition) is 3. The summed E-state index contributed by atoms with van der Waals surface area (Å²) in [4.78, 5) is 0. The molecule has 1 aromatic carbocycles. The molecule has 0 aromatic heterocycles. The summed E-state index contributed by atoms with van der Waals surface area (Å²) in [6, 6.07) is 5.62. The Morgan fingerprint density at radius 1 is 1.56 bits per heavy atom. The number of para-hydroxylation sites is 1. The average Bonchev–Trinajstić information content (AvgIpc) is 2.21. The third-order valence-corrected chi connectivity index (χ3v) is 3.40. The molecule has 0 aliphatic heterocycles. The molecule has 2 atom stereocenters. The van der Waals surface area contributed by atoms with Crippen LogP contribution < -0.4 is 11.1 Å². The maximum absolute atomic E-state index is 11.0. The lowest BCUT2D eigenvalue weighted by Crippen LogP contribution is -2.18. The first-order valence-electron chi connectivity index (χ1n) is 5.11. The maximum Gasteiger partial charge on any atom is 0.0765 e. The van der Waals surface area contributed by atoms with Crippen molar-refractivity contribution in [1.82, 2.24) is 0 Å². The van der Waals surface area contributed by atoms with E-state index in [1.165, 1.54) is 0 Å². The van der Waals surface area contributed by atoms with Crippen molar-refractivity contribution in [3.63, 3.8) is 0 Å². The van der Waals surface area contributed by atoms with Gasteiger partial charge in [0.15, 0.2) is 0 Å². The quantitative estimate of drug-likeness (QED) is 0.800. The van der Waals surface area contributed by atoms with Crippen LogP contribution in [-0.4, -0.2) is 22.3 Å². The molecule has 5 heteroatoms. The minimum absolute atomic E-state index is 0.200. The van der Waals surface area contributed by atoms with Gasteiger partial charge >= 0.3 is 0 Å². The minimum atomic E-state index is -0.759. The van der Waals surface area contributed by atoms with Crippen LogP contribution in [0.4, 0.5) is 11.4 Å². The van der Waals surface area contributed by atoms with E-state index in [0.717, 1.165) is 12.1 Å². The van der Waals surface area contributed by atoms with Gasteiger partial charge in [0.25, 0.3) is 0 Å². The van der Waals surface area contributed by atoms with Crippen molar-refractivity contribution < 1.29 is 4.21 Å². The lowest BCUT2D eigenvalue weighted by atomic mass is 10.2. The second-order valence-corrected chi connectivity index (χ2v) is 5.78. The van der Waals surface area contributed by atoms with E-state index >= 15 is 0 Å². The van der Waals surface area contributed by atoms with Gasteiger partial charge in [-0.1, -0.05) is 17.7 Å². The van der Waals surface area contributed by atoms with Crippen LogP contribution in [0.3, 0.4) is 0 Å². The zero-order valence-corrected chi connectivity index (χ0v) is 11.1. The first-order chi connectivity index (χ1) is 7.50. The Balaban J connectivity index is 2.62. The second kappa shape index (κ2) is 6.11. The molecule has 3 N–H and O–H groups in total. The van der Waals surface area contributed by atoms with Gasteiger partial charge < -0.3 is 11.1 Å². The van der Waals surface area contributed by atoms with Gasteiger partial charge in [-0.05, 0) is 25.5 Å². The van der Waals surface area contributed by atoms with Gasteiger partial charge in [-0.3, -0.25) is 4.21 Å². The van der Waals surface area contributed by atoms with E-state index in [2.05, 4.69) is 5.32 Å². The molecule has 0 amide bonds. The highest BCUT2D eigenvalue weighted by Gasteiger charge is 2.08. The number of rotatable bonds is 5. The number of benzene rings is 1. The van der Waals surface area contributed by atoms with Crippen LogP contribution in [0, 0.1) is 0 Å². The molecule has 0 aliphatic rings. The standard InChI is InChI=1S/C11H17ClN2OS/c1-8(6-7-16(2)15)14-11-9(12)4-3-5-10(11)13/h3-5,8,14H,6-7,13H2,1-2H3. The molecule has 0 saturated carbocycles. The Kier molecular flexibility index (Phi) is 5.09. The van der Waals surface area contributed by atoms with E-state index in [0.29, 0.717) is 16.5 Å². The molecule has 0 fully saturated rings. The maximum atomic E-state index is 11.0. The van der Waals surface area contributed by atoms with Crippen molar-refractivity contribution in [2.24, 2.45) is 0 Å². The van der Waals surface area contributed by atoms with Gasteiger partial charge in [0.2, 0.25) is 0 Å². The summed E-state index contributed by atoms with van der Waals surface area (Å²) in [7, 11) is -0.759. The van der Waals surface area contributed by atoms with E-state index in [4.69, 9.17) is 17.3 Å². The Bertz CT molecular complexity index is 364. The van der Waals surface area contributed by atoms with E-state index in [-0.39, 0.29) is 6.04 Å². The molecule has 0 spiro atoms. The molecule has 90 valence electrons. The van der Waals surface area contributed by atoms with Crippen molar-refractivity contribution in [3.8, 4) is 0 Å². The molecule has 0 heterocycles. The SMILES string of the molecule is CC(CCS(C)=O)Nc1c(N)cccc1Cl. The third kappa shape index (κ3) is 4.02. The van der Waals surface area contributed by atoms with E-state index in [9.17, 15) is 4.21 Å². The molecular formula is C11H17ClN2OS. The van der Waals surface area contributed by atoms with Gasteiger partial charge in [-0.15, -0.1) is 0 Å². The highest BCUT2D eigenvalue weighted by Crippen LogP contribution is 2.28. The van der Waals surface area contributed by atoms with Crippen molar-refractivity contribution in [2.45, 2.75) is 19.4 Å². The van der Waals surface area contributed by atoms with E-state index < -0.39 is 10.8 Å². The van der Waals surface area contributed by atoms with Crippen molar-refractivity contribution >= 4 is 33.8 Å². The lowest BCUT2D eigenvalue weighted by molar-refractivity contribution is 0.678. The fraction of sp³-hybridized carbons (Fsp3) is 0.455. The lowest BCUT2D eigenvalue weighted by Gasteiger charge is -2.17. The van der Waals surface area contributed by atoms with Crippen LogP contribution in [0.25, 0.3) is 0 Å². The molecule has 2 unspecified atom stereocenters. The number of halogens is 1. The predicted octanol–water partition coefficient (Wildman–Crippen LogP) is 2.49. The number of nitrogens with two attached hydrogens (primary N) is 1. The van der Waals surface area contributed by atoms with Crippen molar-refractivity contribution in [1.29, 1.82) is 0 Å². The van der Waals surface area contributed by atoms with Crippen LogP contribution in [0.5, 0.6) is 0 Å². The minimum Gasteiger partial charge on any atom is -0.397 e. The first-order valence-corrected chi connectivity index (χ1v) is 7.21. The molecule has 0 aliphatic carbocycles. The molecule has 16 heavy (non-hydrogen) atoms. The predicted molar refractivity (Wildman–Crippen MR) is 72.5 cm³/mol. The topological polar surface area (TPSA) is 55.1 Å². The van der Waals surface area contributed by atoms with E-state index in [1.807, 2.05) is 13.0 Å². The smallest absolute Gasteiger partial charge is 0.0765 e. The molecule has 1 aromatic rings. The molecule has 0 radical (unpaired) electrons. The Morgan fingerprint density at radius 2 is 2.25 bits per heavy atom. The normalized spacial score (nSPS) is 14.4. The van der Waals surface area contributed by atoms with Gasteiger partial charge in [0.05, 0.1) is 16.4 Å². The fourth-order valence-corrected chi connectivity index (χ4v) is 2.28. The average molecular weight is 261 g/mol. The number of hydrogen-bond donors (Lipinski definition) is 2. The monoisotopic (exact) mass is 260 g/mol. The highest BCUT2D eigenvalue weighted by molar-refractivity contribution is 7.84. The second-order valence-electron chi connectivity index (χ2n) is 3.82. The molecule has 1 rings (SSSR count). The molecule has 0 saturated heterocycles. The summed E-state index contributed by atoms with van der Waals surface area (Å²) in [6.07, 6.45) is 2.53. The number of nitrogens with one attached hydrogen (secondary N) is 1. The van der Waals surface area contributed by atoms with Crippen molar-refractivity contribution in [3.05, 3.63) is 23.2 Å². The van der Waals surface area contributed by atoms with E-state index in [1.54, 1.807) is 18.4 Å². The number of anilines is 2. The molecular weight excluding hydrogens is 244 g/mol. The Hall–Kier alpha value is -0.740.